The quantitative estimate of drug-likeness (QED) is 0.275. The van der Waals surface area contributed by atoms with Gasteiger partial charge in [0.15, 0.2) is 60.1 Å². The Kier molecular flexibility index (Phi) is 16.7. The molecule has 0 saturated carbocycles. The molecule has 46 heavy (non-hydrogen) atoms. The number of hydrogen-bond acceptors (Lipinski definition) is 12. The summed E-state index contributed by atoms with van der Waals surface area (Å²) in [5.74, 6) is 0. The standard InChI is InChI=1S/3C2F6NO4S2.Ru/c3*3-1(4,5)14(10,11)9-15(12,13)2(6,7)8;/q3*-1;+3. The molecule has 0 aromatic carbocycles. The summed E-state index contributed by atoms with van der Waals surface area (Å²) in [5.41, 5.74) is -37.2. The molecule has 0 heterocycles. The largest absolute Gasteiger partial charge is 3.00 e. The summed E-state index contributed by atoms with van der Waals surface area (Å²) >= 11 is 0. The summed E-state index contributed by atoms with van der Waals surface area (Å²) in [6.07, 6.45) is 0. The van der Waals surface area contributed by atoms with Crippen molar-refractivity contribution in [3.63, 3.8) is 0 Å². The summed E-state index contributed by atoms with van der Waals surface area (Å²) in [7, 11) is -40.3. The van der Waals surface area contributed by atoms with E-state index in [0.717, 1.165) is 12.4 Å². The van der Waals surface area contributed by atoms with Crippen molar-refractivity contribution in [3.05, 3.63) is 12.4 Å². The van der Waals surface area contributed by atoms with E-state index in [2.05, 4.69) is 0 Å². The Morgan fingerprint density at radius 3 is 0.348 bits per heavy atom. The van der Waals surface area contributed by atoms with Crippen molar-refractivity contribution in [3.8, 4) is 0 Å². The Labute approximate surface area is 254 Å². The van der Waals surface area contributed by atoms with Crippen LogP contribution in [0.4, 0.5) is 79.0 Å². The SMILES string of the molecule is O=S(=O)([N-]S(=O)(=O)C(F)(F)F)C(F)(F)F.O=S(=O)([N-]S(=O)(=O)C(F)(F)F)C(F)(F)F.O=S(=O)([N-]S(=O)(=O)C(F)(F)F)C(F)(F)F.[Ru+3]. The second-order valence-electron chi connectivity index (χ2n) is 5.75. The van der Waals surface area contributed by atoms with E-state index in [0.29, 0.717) is 0 Å². The van der Waals surface area contributed by atoms with Crippen LogP contribution in [0.3, 0.4) is 0 Å². The van der Waals surface area contributed by atoms with E-state index in [-0.39, 0.29) is 19.5 Å². The minimum atomic E-state index is -6.72. The Bertz CT molecular complexity index is 1370. The molecule has 0 aliphatic heterocycles. The fraction of sp³-hybridized carbons (Fsp3) is 1.00. The maximum absolute atomic E-state index is 11.4. The van der Waals surface area contributed by atoms with Crippen molar-refractivity contribution in [1.29, 1.82) is 0 Å². The van der Waals surface area contributed by atoms with E-state index in [1.807, 2.05) is 0 Å². The van der Waals surface area contributed by atoms with Gasteiger partial charge in [0.1, 0.15) is 0 Å². The molecule has 0 spiro atoms. The van der Waals surface area contributed by atoms with Gasteiger partial charge in [0.25, 0.3) is 0 Å². The van der Waals surface area contributed by atoms with Crippen LogP contribution in [-0.2, 0) is 79.6 Å². The number of alkyl halides is 18. The van der Waals surface area contributed by atoms with E-state index in [4.69, 9.17) is 0 Å². The van der Waals surface area contributed by atoms with E-state index in [9.17, 15) is 130 Å². The maximum atomic E-state index is 11.4. The molecule has 0 aliphatic rings. The molecule has 0 bridgehead atoms. The van der Waals surface area contributed by atoms with E-state index in [1.165, 1.54) is 0 Å². The minimum absolute atomic E-state index is 0. The molecule has 1 radical (unpaired) electrons. The van der Waals surface area contributed by atoms with E-state index < -0.39 is 93.2 Å². The Balaban J connectivity index is -0.000000285. The molecule has 281 valence electrons. The van der Waals surface area contributed by atoms with Crippen LogP contribution in [-0.4, -0.2) is 83.6 Å². The van der Waals surface area contributed by atoms with Crippen LogP contribution < -0.4 is 0 Å². The van der Waals surface area contributed by atoms with Crippen molar-refractivity contribution >= 4 is 60.1 Å². The molecule has 0 saturated heterocycles. The third kappa shape index (κ3) is 15.0. The fourth-order valence-corrected chi connectivity index (χ4v) is 5.77. The van der Waals surface area contributed by atoms with E-state index in [1.54, 1.807) is 0 Å². The van der Waals surface area contributed by atoms with Gasteiger partial charge in [0.2, 0.25) is 0 Å². The smallest absolute Gasteiger partial charge is 0.421 e. The molecule has 0 fully saturated rings. The monoisotopic (exact) mass is 942 g/mol. The molecule has 0 amide bonds. The molecular formula is C6F18N3O12RuS6. The van der Waals surface area contributed by atoms with Crippen LogP contribution in [0.25, 0.3) is 12.4 Å². The van der Waals surface area contributed by atoms with Crippen LogP contribution in [0.2, 0.25) is 0 Å². The summed E-state index contributed by atoms with van der Waals surface area (Å²) in [6, 6.07) is 0. The van der Waals surface area contributed by atoms with Gasteiger partial charge in [-0.3, -0.25) is 0 Å². The van der Waals surface area contributed by atoms with Gasteiger partial charge in [-0.2, -0.15) is 79.0 Å². The number of halogens is 18. The summed E-state index contributed by atoms with van der Waals surface area (Å²) < 4.78 is 328. The molecule has 0 rings (SSSR count). The molecule has 0 aromatic heterocycles. The molecule has 0 N–H and O–H groups in total. The van der Waals surface area contributed by atoms with Gasteiger partial charge in [-0.1, -0.05) is 0 Å². The van der Waals surface area contributed by atoms with Gasteiger partial charge in [-0.05, 0) is 0 Å². The van der Waals surface area contributed by atoms with Crippen molar-refractivity contribution in [2.75, 3.05) is 0 Å². The topological polar surface area (TPSA) is 247 Å². The number of rotatable bonds is 6. The third-order valence-electron chi connectivity index (χ3n) is 2.34. The fourth-order valence-electron chi connectivity index (χ4n) is 0.641. The van der Waals surface area contributed by atoms with Gasteiger partial charge in [0.05, 0.1) is 0 Å². The number of nitrogens with zero attached hydrogens (tertiary/aromatic N) is 3. The van der Waals surface area contributed by atoms with Crippen LogP contribution in [0.15, 0.2) is 0 Å². The average molecular weight is 942 g/mol. The zero-order valence-electron chi connectivity index (χ0n) is 18.8. The second kappa shape index (κ2) is 14.8. The van der Waals surface area contributed by atoms with Gasteiger partial charge in [0, 0.05) is 0 Å². The summed E-state index contributed by atoms with van der Waals surface area (Å²) in [6.45, 7) is 0. The predicted octanol–water partition coefficient (Wildman–Crippen LogP) is 3.18. The first-order valence-electron chi connectivity index (χ1n) is 7.72. The molecule has 40 heteroatoms. The normalized spacial score (nSPS) is 15.0. The van der Waals surface area contributed by atoms with Crippen LogP contribution in [0, 0.1) is 0 Å². The van der Waals surface area contributed by atoms with Gasteiger partial charge < -0.3 is 12.4 Å². The Morgan fingerprint density at radius 2 is 0.304 bits per heavy atom. The second-order valence-corrected chi connectivity index (χ2v) is 16.0. The van der Waals surface area contributed by atoms with Crippen LogP contribution in [0.5, 0.6) is 0 Å². The minimum Gasteiger partial charge on any atom is -0.421 e. The zero-order valence-corrected chi connectivity index (χ0v) is 25.5. The predicted molar refractivity (Wildman–Crippen MR) is 99.9 cm³/mol. The van der Waals surface area contributed by atoms with E-state index >= 15 is 0 Å². The first-order valence-corrected chi connectivity index (χ1v) is 16.4. The molecule has 0 unspecified atom stereocenters. The number of hydrogen-bond donors (Lipinski definition) is 0. The van der Waals surface area contributed by atoms with Gasteiger partial charge in [-0.15, -0.1) is 0 Å². The average Bonchev–Trinajstić information content (AvgIpc) is 2.61. The van der Waals surface area contributed by atoms with Crippen molar-refractivity contribution < 1.29 is 149 Å². The molecule has 0 aliphatic carbocycles. The number of sulfonamides is 6. The van der Waals surface area contributed by atoms with Crippen LogP contribution >= 0.6 is 0 Å². The van der Waals surface area contributed by atoms with Gasteiger partial charge in [-0.25, -0.2) is 50.5 Å². The van der Waals surface area contributed by atoms with Crippen molar-refractivity contribution in [1.82, 2.24) is 0 Å². The molecule has 0 aromatic rings. The molecular weight excluding hydrogens is 942 g/mol. The van der Waals surface area contributed by atoms with Crippen LogP contribution in [0.1, 0.15) is 0 Å². The summed E-state index contributed by atoms with van der Waals surface area (Å²) in [4.78, 5) is 0. The zero-order chi connectivity index (χ0) is 38.1. The van der Waals surface area contributed by atoms with Gasteiger partial charge >= 0.3 is 52.5 Å². The first kappa shape index (κ1) is 51.8. The first-order chi connectivity index (χ1) is 18.6. The van der Waals surface area contributed by atoms with Crippen molar-refractivity contribution in [2.24, 2.45) is 0 Å². The van der Waals surface area contributed by atoms with Crippen molar-refractivity contribution in [2.45, 2.75) is 33.0 Å². The molecule has 0 atom stereocenters. The Morgan fingerprint density at radius 1 is 0.239 bits per heavy atom. The Hall–Kier alpha value is -1.06. The summed E-state index contributed by atoms with van der Waals surface area (Å²) in [5, 5.41) is 0. The maximum Gasteiger partial charge on any atom is 3.00 e. The molecule has 15 nitrogen and oxygen atoms in total. The third-order valence-corrected chi connectivity index (χ3v) is 10.6.